The van der Waals surface area contributed by atoms with Gasteiger partial charge in [0.2, 0.25) is 0 Å². The Balaban J connectivity index is 0. The number of alkyl halides is 12. The van der Waals surface area contributed by atoms with Crippen LogP contribution in [0.1, 0.15) is 0 Å². The standard InChI is InChI=1S/2C2F5I/c2*3-1(4,5)2(6,7)8. The van der Waals surface area contributed by atoms with E-state index in [0.717, 1.165) is 0 Å². The molecule has 0 nitrogen and oxygen atoms in total. The zero-order valence-corrected chi connectivity index (χ0v) is 10.9. The molecule has 0 saturated heterocycles. The third-order valence-electron chi connectivity index (χ3n) is 0.643. The van der Waals surface area contributed by atoms with Crippen molar-refractivity contribution < 1.29 is 43.9 Å². The molecule has 0 aromatic carbocycles. The average molecular weight is 492 g/mol. The first kappa shape index (κ1) is 19.1. The highest BCUT2D eigenvalue weighted by Crippen LogP contribution is 2.41. The Hall–Kier alpha value is 0.760. The molecule has 0 rings (SSSR count). The lowest BCUT2D eigenvalue weighted by atomic mass is 10.7. The van der Waals surface area contributed by atoms with E-state index in [1.807, 2.05) is 0 Å². The molecule has 0 unspecified atom stereocenters. The van der Waals surface area contributed by atoms with Gasteiger partial charge in [-0.2, -0.15) is 43.9 Å². The molecule has 0 aromatic heterocycles. The summed E-state index contributed by atoms with van der Waals surface area (Å²) in [4.78, 5) is 0. The smallest absolute Gasteiger partial charge is 0.184 e. The minimum Gasteiger partial charge on any atom is -0.184 e. The summed E-state index contributed by atoms with van der Waals surface area (Å²) in [5.41, 5.74) is 0. The van der Waals surface area contributed by atoms with Gasteiger partial charge in [0.25, 0.3) is 0 Å². The molecule has 0 aliphatic carbocycles. The maximum absolute atomic E-state index is 11.1. The zero-order valence-electron chi connectivity index (χ0n) is 6.54. The third-order valence-corrected chi connectivity index (χ3v) is 1.87. The molecule has 0 fully saturated rings. The van der Waals surface area contributed by atoms with Crippen LogP contribution in [-0.4, -0.2) is 20.2 Å². The van der Waals surface area contributed by atoms with Crippen molar-refractivity contribution in [3.8, 4) is 0 Å². The molecular formula is C4F10I2. The molecule has 0 heterocycles. The topological polar surface area (TPSA) is 0 Å². The van der Waals surface area contributed by atoms with Crippen LogP contribution in [0.25, 0.3) is 0 Å². The number of halogens is 12. The first-order valence-electron chi connectivity index (χ1n) is 2.77. The van der Waals surface area contributed by atoms with E-state index in [9.17, 15) is 43.9 Å². The van der Waals surface area contributed by atoms with Gasteiger partial charge in [0.1, 0.15) is 0 Å². The van der Waals surface area contributed by atoms with Crippen molar-refractivity contribution in [3.63, 3.8) is 0 Å². The van der Waals surface area contributed by atoms with Crippen LogP contribution in [0.5, 0.6) is 0 Å². The number of rotatable bonds is 0. The maximum Gasteiger partial charge on any atom is 0.463 e. The monoisotopic (exact) mass is 492 g/mol. The highest BCUT2D eigenvalue weighted by atomic mass is 127. The van der Waals surface area contributed by atoms with E-state index >= 15 is 0 Å². The molecule has 100 valence electrons. The Morgan fingerprint density at radius 2 is 0.500 bits per heavy atom. The SMILES string of the molecule is FC(F)(F)C(F)(F)I.FC(F)(F)C(F)(F)I. The van der Waals surface area contributed by atoms with Gasteiger partial charge in [-0.25, -0.2) is 0 Å². The predicted octanol–water partition coefficient (Wildman–Crippen LogP) is 5.15. The van der Waals surface area contributed by atoms with Gasteiger partial charge >= 0.3 is 20.2 Å². The van der Waals surface area contributed by atoms with Crippen molar-refractivity contribution in [2.24, 2.45) is 0 Å². The summed E-state index contributed by atoms with van der Waals surface area (Å²) in [6.45, 7) is 0. The Kier molecular flexibility index (Phi) is 6.69. The highest BCUT2D eigenvalue weighted by molar-refractivity contribution is 14.1. The van der Waals surface area contributed by atoms with Crippen molar-refractivity contribution in [3.05, 3.63) is 0 Å². The van der Waals surface area contributed by atoms with Crippen LogP contribution < -0.4 is 0 Å². The summed E-state index contributed by atoms with van der Waals surface area (Å²) >= 11 is 0.0500. The molecule has 0 amide bonds. The number of hydrogen-bond acceptors (Lipinski definition) is 0. The second-order valence-corrected chi connectivity index (χ2v) is 4.70. The minimum atomic E-state index is -5.41. The Morgan fingerprint density at radius 3 is 0.500 bits per heavy atom. The Morgan fingerprint density at radius 1 is 0.438 bits per heavy atom. The molecule has 0 saturated carbocycles. The van der Waals surface area contributed by atoms with Crippen molar-refractivity contribution >= 4 is 45.2 Å². The van der Waals surface area contributed by atoms with E-state index < -0.39 is 20.2 Å². The second-order valence-electron chi connectivity index (χ2n) is 1.99. The van der Waals surface area contributed by atoms with Crippen LogP contribution >= 0.6 is 45.2 Å². The second kappa shape index (κ2) is 5.60. The predicted molar refractivity (Wildman–Crippen MR) is 50.0 cm³/mol. The van der Waals surface area contributed by atoms with Crippen molar-refractivity contribution in [1.29, 1.82) is 0 Å². The van der Waals surface area contributed by atoms with Crippen LogP contribution in [0.4, 0.5) is 43.9 Å². The molecule has 0 spiro atoms. The highest BCUT2D eigenvalue weighted by Gasteiger charge is 2.55. The third kappa shape index (κ3) is 7.94. The summed E-state index contributed by atoms with van der Waals surface area (Å²) in [6, 6.07) is 0. The van der Waals surface area contributed by atoms with Crippen LogP contribution in [0.2, 0.25) is 0 Å². The number of hydrogen-bond donors (Lipinski definition) is 0. The summed E-state index contributed by atoms with van der Waals surface area (Å²) in [6.07, 6.45) is -10.8. The Bertz CT molecular complexity index is 155. The fraction of sp³-hybridized carbons (Fsp3) is 1.00. The molecule has 0 atom stereocenters. The molecule has 0 aliphatic rings. The maximum atomic E-state index is 11.1. The lowest BCUT2D eigenvalue weighted by molar-refractivity contribution is -0.228. The quantitative estimate of drug-likeness (QED) is 0.250. The minimum absolute atomic E-state index is 0.0250. The van der Waals surface area contributed by atoms with Crippen molar-refractivity contribution in [2.45, 2.75) is 20.2 Å². The lowest BCUT2D eigenvalue weighted by Crippen LogP contribution is -2.29. The molecule has 0 radical (unpaired) electrons. The van der Waals surface area contributed by atoms with Gasteiger partial charge in [0.15, 0.2) is 0 Å². The van der Waals surface area contributed by atoms with E-state index in [0.29, 0.717) is 0 Å². The van der Waals surface area contributed by atoms with E-state index in [4.69, 9.17) is 0 Å². The van der Waals surface area contributed by atoms with Gasteiger partial charge in [-0.15, -0.1) is 0 Å². The van der Waals surface area contributed by atoms with Gasteiger partial charge in [-0.05, 0) is 0 Å². The van der Waals surface area contributed by atoms with Gasteiger partial charge < -0.3 is 0 Å². The van der Waals surface area contributed by atoms with E-state index in [1.54, 1.807) is 0 Å². The molecule has 12 heteroatoms. The van der Waals surface area contributed by atoms with Crippen molar-refractivity contribution in [1.82, 2.24) is 0 Å². The largest absolute Gasteiger partial charge is 0.463 e. The van der Waals surface area contributed by atoms with Gasteiger partial charge in [0.05, 0.1) is 0 Å². The van der Waals surface area contributed by atoms with Crippen LogP contribution in [0.15, 0.2) is 0 Å². The summed E-state index contributed by atoms with van der Waals surface area (Å²) in [5.74, 6) is 0. The first-order valence-corrected chi connectivity index (χ1v) is 4.93. The fourth-order valence-electron chi connectivity index (χ4n) is 0. The van der Waals surface area contributed by atoms with E-state index in [2.05, 4.69) is 0 Å². The molecule has 0 bridgehead atoms. The lowest BCUT2D eigenvalue weighted by Gasteiger charge is -2.10. The van der Waals surface area contributed by atoms with E-state index in [1.165, 1.54) is 0 Å². The van der Waals surface area contributed by atoms with Gasteiger partial charge in [-0.3, -0.25) is 0 Å². The molecule has 0 aromatic rings. The summed E-state index contributed by atoms with van der Waals surface area (Å²) in [7, 11) is 0. The van der Waals surface area contributed by atoms with Crippen LogP contribution in [0.3, 0.4) is 0 Å². The summed E-state index contributed by atoms with van der Waals surface area (Å²) < 4.78 is 100. The average Bonchev–Trinajstić information content (AvgIpc) is 1.77. The van der Waals surface area contributed by atoms with Crippen molar-refractivity contribution in [2.75, 3.05) is 0 Å². The van der Waals surface area contributed by atoms with Gasteiger partial charge in [0, 0.05) is 45.2 Å². The summed E-state index contributed by atoms with van der Waals surface area (Å²) in [5, 5.41) is 0. The molecule has 16 heavy (non-hydrogen) atoms. The first-order chi connectivity index (χ1) is 6.50. The van der Waals surface area contributed by atoms with Crippen LogP contribution in [0, 0.1) is 0 Å². The Labute approximate surface area is 109 Å². The molecule has 0 aliphatic heterocycles. The zero-order chi connectivity index (χ0) is 14.0. The molecule has 0 N–H and O–H groups in total. The fourth-order valence-corrected chi connectivity index (χ4v) is 0. The van der Waals surface area contributed by atoms with Gasteiger partial charge in [-0.1, -0.05) is 0 Å². The van der Waals surface area contributed by atoms with Crippen LogP contribution in [-0.2, 0) is 0 Å². The van der Waals surface area contributed by atoms with E-state index in [-0.39, 0.29) is 45.2 Å². The molecular weight excluding hydrogens is 492 g/mol. The normalized spacial score (nSPS) is 14.2.